The number of methoxy groups -OCH3 is 1. The molecule has 1 nitrogen and oxygen atoms in total. The highest BCUT2D eigenvalue weighted by Crippen LogP contribution is 2.62. The number of rotatable bonds is 5. The fourth-order valence-electron chi connectivity index (χ4n) is 6.54. The molecular formula is C25H36O. The zero-order valence-electron chi connectivity index (χ0n) is 17.0. The van der Waals surface area contributed by atoms with Crippen LogP contribution in [0.4, 0.5) is 0 Å². The van der Waals surface area contributed by atoms with Gasteiger partial charge in [0.25, 0.3) is 0 Å². The van der Waals surface area contributed by atoms with Crippen molar-refractivity contribution in [1.82, 2.24) is 0 Å². The molecule has 0 aliphatic heterocycles. The van der Waals surface area contributed by atoms with Crippen molar-refractivity contribution >= 4 is 0 Å². The van der Waals surface area contributed by atoms with Crippen molar-refractivity contribution < 1.29 is 4.74 Å². The van der Waals surface area contributed by atoms with Gasteiger partial charge in [0.05, 0.1) is 7.11 Å². The van der Waals surface area contributed by atoms with Crippen molar-refractivity contribution in [2.75, 3.05) is 7.11 Å². The number of aryl methyl sites for hydroxylation is 1. The highest BCUT2D eigenvalue weighted by Gasteiger charge is 2.52. The van der Waals surface area contributed by atoms with Crippen molar-refractivity contribution in [2.24, 2.45) is 17.3 Å². The smallest absolute Gasteiger partial charge is 0.119 e. The lowest BCUT2D eigenvalue weighted by molar-refractivity contribution is 0.0812. The molecule has 1 aromatic carbocycles. The summed E-state index contributed by atoms with van der Waals surface area (Å²) in [6, 6.07) is 6.86. The van der Waals surface area contributed by atoms with E-state index in [0.29, 0.717) is 5.41 Å². The Kier molecular flexibility index (Phi) is 5.17. The summed E-state index contributed by atoms with van der Waals surface area (Å²) in [5.74, 6) is 3.63. The minimum atomic E-state index is 0.497. The van der Waals surface area contributed by atoms with Gasteiger partial charge in [-0.05, 0) is 97.8 Å². The molecule has 0 bridgehead atoms. The Labute approximate surface area is 160 Å². The number of unbranched alkanes of at least 4 members (excludes halogenated alkanes) is 3. The Morgan fingerprint density at radius 2 is 2.04 bits per heavy atom. The molecule has 4 atom stereocenters. The third-order valence-corrected chi connectivity index (χ3v) is 7.98. The summed E-state index contributed by atoms with van der Waals surface area (Å²) in [5.41, 5.74) is 5.52. The second-order valence-electron chi connectivity index (χ2n) is 9.20. The predicted octanol–water partition coefficient (Wildman–Crippen LogP) is 7.06. The van der Waals surface area contributed by atoms with Crippen LogP contribution in [0, 0.1) is 17.3 Å². The second kappa shape index (κ2) is 7.41. The first-order valence-corrected chi connectivity index (χ1v) is 11.0. The molecule has 0 N–H and O–H groups in total. The van der Waals surface area contributed by atoms with Gasteiger partial charge in [0, 0.05) is 0 Å². The van der Waals surface area contributed by atoms with Crippen molar-refractivity contribution in [3.8, 4) is 5.75 Å². The van der Waals surface area contributed by atoms with Gasteiger partial charge in [-0.15, -0.1) is 0 Å². The Morgan fingerprint density at radius 1 is 1.15 bits per heavy atom. The van der Waals surface area contributed by atoms with Crippen LogP contribution in [0.15, 0.2) is 29.8 Å². The van der Waals surface area contributed by atoms with E-state index in [4.69, 9.17) is 4.74 Å². The molecule has 0 saturated heterocycles. The first-order valence-electron chi connectivity index (χ1n) is 11.0. The summed E-state index contributed by atoms with van der Waals surface area (Å²) >= 11 is 0. The van der Waals surface area contributed by atoms with Gasteiger partial charge in [0.2, 0.25) is 0 Å². The normalized spacial score (nSPS) is 34.3. The van der Waals surface area contributed by atoms with E-state index in [2.05, 4.69) is 38.1 Å². The molecule has 3 aliphatic rings. The maximum absolute atomic E-state index is 5.46. The Bertz CT molecular complexity index is 673. The molecule has 0 heterocycles. The molecule has 0 spiro atoms. The van der Waals surface area contributed by atoms with Gasteiger partial charge >= 0.3 is 0 Å². The first-order chi connectivity index (χ1) is 12.7. The quantitative estimate of drug-likeness (QED) is 0.407. The summed E-state index contributed by atoms with van der Waals surface area (Å²) in [6.45, 7) is 4.91. The molecule has 1 heteroatoms. The molecule has 2 saturated carbocycles. The van der Waals surface area contributed by atoms with E-state index in [9.17, 15) is 0 Å². The van der Waals surface area contributed by atoms with E-state index in [1.54, 1.807) is 18.2 Å². The summed E-state index contributed by atoms with van der Waals surface area (Å²) in [5, 5.41) is 0. The standard InChI is InChI=1S/C25H36O/c1-4-5-6-7-8-19-10-14-24-23-12-9-18-17-20(26-3)11-13-21(18)22(23)15-16-25(19,24)2/h8,11,13,17,22-24H,4-7,9-10,12,14-16H2,1-3H3/b19-8+/t22?,23?,24?,25-/m1/s1. The highest BCUT2D eigenvalue weighted by molar-refractivity contribution is 5.41. The van der Waals surface area contributed by atoms with E-state index in [-0.39, 0.29) is 0 Å². The molecule has 2 fully saturated rings. The minimum Gasteiger partial charge on any atom is -0.497 e. The monoisotopic (exact) mass is 352 g/mol. The summed E-state index contributed by atoms with van der Waals surface area (Å²) in [4.78, 5) is 0. The minimum absolute atomic E-state index is 0.497. The second-order valence-corrected chi connectivity index (χ2v) is 9.20. The van der Waals surface area contributed by atoms with E-state index >= 15 is 0 Å². The maximum atomic E-state index is 5.46. The molecule has 142 valence electrons. The number of benzene rings is 1. The first kappa shape index (κ1) is 18.1. The predicted molar refractivity (Wildman–Crippen MR) is 110 cm³/mol. The highest BCUT2D eigenvalue weighted by atomic mass is 16.5. The van der Waals surface area contributed by atoms with E-state index < -0.39 is 0 Å². The van der Waals surface area contributed by atoms with Gasteiger partial charge in [0.15, 0.2) is 0 Å². The van der Waals surface area contributed by atoms with Crippen LogP contribution in [-0.4, -0.2) is 7.11 Å². The van der Waals surface area contributed by atoms with E-state index in [0.717, 1.165) is 23.5 Å². The lowest BCUT2D eigenvalue weighted by atomic mass is 9.55. The molecule has 3 aliphatic carbocycles. The van der Waals surface area contributed by atoms with Crippen LogP contribution >= 0.6 is 0 Å². The molecule has 0 radical (unpaired) electrons. The van der Waals surface area contributed by atoms with Gasteiger partial charge in [-0.2, -0.15) is 0 Å². The van der Waals surface area contributed by atoms with Gasteiger partial charge in [-0.3, -0.25) is 0 Å². The lowest BCUT2D eigenvalue weighted by Gasteiger charge is -2.49. The summed E-state index contributed by atoms with van der Waals surface area (Å²) in [7, 11) is 1.78. The van der Waals surface area contributed by atoms with Gasteiger partial charge in [0.1, 0.15) is 5.75 Å². The van der Waals surface area contributed by atoms with Crippen molar-refractivity contribution in [2.45, 2.75) is 84.0 Å². The van der Waals surface area contributed by atoms with E-state index in [1.807, 2.05) is 5.57 Å². The summed E-state index contributed by atoms with van der Waals surface area (Å²) in [6.07, 6.45) is 16.2. The van der Waals surface area contributed by atoms with Gasteiger partial charge in [-0.25, -0.2) is 0 Å². The fourth-order valence-corrected chi connectivity index (χ4v) is 6.54. The zero-order chi connectivity index (χ0) is 18.1. The van der Waals surface area contributed by atoms with Crippen LogP contribution in [0.1, 0.15) is 88.7 Å². The topological polar surface area (TPSA) is 9.23 Å². The Balaban J connectivity index is 1.54. The number of ether oxygens (including phenoxy) is 1. The molecule has 0 amide bonds. The van der Waals surface area contributed by atoms with Crippen LogP contribution in [0.2, 0.25) is 0 Å². The number of hydrogen-bond donors (Lipinski definition) is 0. The van der Waals surface area contributed by atoms with Crippen molar-refractivity contribution in [1.29, 1.82) is 0 Å². The van der Waals surface area contributed by atoms with Crippen LogP contribution in [0.25, 0.3) is 0 Å². The molecule has 26 heavy (non-hydrogen) atoms. The van der Waals surface area contributed by atoms with Crippen molar-refractivity contribution in [3.63, 3.8) is 0 Å². The summed E-state index contributed by atoms with van der Waals surface area (Å²) < 4.78 is 5.46. The maximum Gasteiger partial charge on any atom is 0.119 e. The molecule has 1 aromatic rings. The molecular weight excluding hydrogens is 316 g/mol. The van der Waals surface area contributed by atoms with Crippen LogP contribution in [-0.2, 0) is 6.42 Å². The lowest BCUT2D eigenvalue weighted by Crippen LogP contribution is -2.40. The van der Waals surface area contributed by atoms with Crippen molar-refractivity contribution in [3.05, 3.63) is 41.0 Å². The Hall–Kier alpha value is -1.24. The average Bonchev–Trinajstić information content (AvgIpc) is 3.01. The third kappa shape index (κ3) is 3.02. The van der Waals surface area contributed by atoms with Crippen LogP contribution in [0.5, 0.6) is 5.75 Å². The van der Waals surface area contributed by atoms with Gasteiger partial charge in [-0.1, -0.05) is 44.4 Å². The number of hydrogen-bond acceptors (Lipinski definition) is 1. The number of allylic oxidation sites excluding steroid dienone is 2. The third-order valence-electron chi connectivity index (χ3n) is 7.98. The van der Waals surface area contributed by atoms with Gasteiger partial charge < -0.3 is 4.74 Å². The molecule has 3 unspecified atom stereocenters. The Morgan fingerprint density at radius 3 is 2.85 bits per heavy atom. The van der Waals surface area contributed by atoms with E-state index in [1.165, 1.54) is 64.2 Å². The zero-order valence-corrected chi connectivity index (χ0v) is 17.0. The van der Waals surface area contributed by atoms with Crippen LogP contribution < -0.4 is 4.74 Å². The average molecular weight is 353 g/mol. The molecule has 4 rings (SSSR count). The largest absolute Gasteiger partial charge is 0.497 e. The van der Waals surface area contributed by atoms with Crippen LogP contribution in [0.3, 0.4) is 0 Å². The number of fused-ring (bicyclic) bond motifs is 5. The SMILES string of the molecule is CCCCC/C=C1\CCC2C3CCc4cc(OC)ccc4C3CC[C@]12C. The fraction of sp³-hybridized carbons (Fsp3) is 0.680. The molecule has 0 aromatic heterocycles.